The minimum absolute atomic E-state index is 0.256. The van der Waals surface area contributed by atoms with E-state index in [-0.39, 0.29) is 5.91 Å². The molecule has 0 aliphatic rings. The fourth-order valence-corrected chi connectivity index (χ4v) is 3.44. The number of benzene rings is 1. The predicted octanol–water partition coefficient (Wildman–Crippen LogP) is 4.57. The first kappa shape index (κ1) is 14.9. The van der Waals surface area contributed by atoms with Gasteiger partial charge in [0.1, 0.15) is 0 Å². The lowest BCUT2D eigenvalue weighted by Crippen LogP contribution is -2.07. The van der Waals surface area contributed by atoms with Crippen molar-refractivity contribution in [3.63, 3.8) is 0 Å². The molecule has 22 heavy (non-hydrogen) atoms. The number of nitrogens with zero attached hydrogens (tertiary/aromatic N) is 2. The normalized spacial score (nSPS) is 11.0. The van der Waals surface area contributed by atoms with E-state index < -0.39 is 0 Å². The standard InChI is InChI=1S/C15H10ClN3OS2/c16-11-4-1-3-10(9-11)6-7-13(20)17-15-19-18-14(22-15)12-5-2-8-21-12/h1-9H,(H,17,19,20)/b7-6+. The highest BCUT2D eigenvalue weighted by Crippen LogP contribution is 2.29. The van der Waals surface area contributed by atoms with Crippen LogP contribution in [0.1, 0.15) is 5.56 Å². The van der Waals surface area contributed by atoms with E-state index >= 15 is 0 Å². The molecule has 1 N–H and O–H groups in total. The first-order chi connectivity index (χ1) is 10.7. The van der Waals surface area contributed by atoms with Crippen LogP contribution in [0.5, 0.6) is 0 Å². The lowest BCUT2D eigenvalue weighted by atomic mass is 10.2. The molecule has 0 bridgehead atoms. The van der Waals surface area contributed by atoms with Gasteiger partial charge in [0, 0.05) is 11.1 Å². The highest BCUT2D eigenvalue weighted by molar-refractivity contribution is 7.23. The third-order valence-corrected chi connectivity index (χ3v) is 4.78. The minimum atomic E-state index is -0.256. The van der Waals surface area contributed by atoms with Gasteiger partial charge in [0.05, 0.1) is 4.88 Å². The first-order valence-electron chi connectivity index (χ1n) is 6.33. The van der Waals surface area contributed by atoms with Crippen LogP contribution in [0.2, 0.25) is 5.02 Å². The Labute approximate surface area is 140 Å². The van der Waals surface area contributed by atoms with Gasteiger partial charge in [-0.25, -0.2) is 0 Å². The molecule has 0 spiro atoms. The van der Waals surface area contributed by atoms with Gasteiger partial charge < -0.3 is 0 Å². The molecule has 3 aromatic rings. The number of carbonyl (C=O) groups excluding carboxylic acids is 1. The van der Waals surface area contributed by atoms with Crippen molar-refractivity contribution < 1.29 is 4.79 Å². The van der Waals surface area contributed by atoms with Gasteiger partial charge in [-0.15, -0.1) is 21.5 Å². The topological polar surface area (TPSA) is 54.9 Å². The summed E-state index contributed by atoms with van der Waals surface area (Å²) in [6.45, 7) is 0. The van der Waals surface area contributed by atoms with Gasteiger partial charge in [-0.2, -0.15) is 0 Å². The van der Waals surface area contributed by atoms with Crippen LogP contribution in [0.15, 0.2) is 47.9 Å². The minimum Gasteiger partial charge on any atom is -0.297 e. The molecule has 2 aromatic heterocycles. The number of anilines is 1. The van der Waals surface area contributed by atoms with Crippen LogP contribution < -0.4 is 5.32 Å². The highest BCUT2D eigenvalue weighted by atomic mass is 35.5. The average Bonchev–Trinajstić information content (AvgIpc) is 3.16. The summed E-state index contributed by atoms with van der Waals surface area (Å²) in [4.78, 5) is 12.9. The van der Waals surface area contributed by atoms with Crippen LogP contribution in [-0.4, -0.2) is 16.1 Å². The summed E-state index contributed by atoms with van der Waals surface area (Å²) in [6.07, 6.45) is 3.14. The van der Waals surface area contributed by atoms with Crippen molar-refractivity contribution in [2.45, 2.75) is 0 Å². The number of hydrogen-bond donors (Lipinski definition) is 1. The maximum atomic E-state index is 11.9. The monoisotopic (exact) mass is 347 g/mol. The van der Waals surface area contributed by atoms with Gasteiger partial charge in [0.15, 0.2) is 5.01 Å². The molecule has 0 radical (unpaired) electrons. The Hall–Kier alpha value is -2.02. The van der Waals surface area contributed by atoms with Crippen molar-refractivity contribution >= 4 is 51.4 Å². The van der Waals surface area contributed by atoms with Crippen LogP contribution in [-0.2, 0) is 4.79 Å². The second-order valence-electron chi connectivity index (χ2n) is 4.27. The third kappa shape index (κ3) is 3.79. The van der Waals surface area contributed by atoms with E-state index in [2.05, 4.69) is 15.5 Å². The molecule has 1 amide bonds. The molecular weight excluding hydrogens is 338 g/mol. The van der Waals surface area contributed by atoms with Crippen molar-refractivity contribution in [1.82, 2.24) is 10.2 Å². The van der Waals surface area contributed by atoms with Gasteiger partial charge in [-0.05, 0) is 35.2 Å². The molecule has 0 saturated carbocycles. The van der Waals surface area contributed by atoms with Crippen LogP contribution >= 0.6 is 34.3 Å². The molecule has 0 saturated heterocycles. The van der Waals surface area contributed by atoms with Gasteiger partial charge >= 0.3 is 0 Å². The maximum absolute atomic E-state index is 11.9. The summed E-state index contributed by atoms with van der Waals surface area (Å²) in [5.41, 5.74) is 0.860. The Balaban J connectivity index is 1.65. The largest absolute Gasteiger partial charge is 0.297 e. The zero-order valence-electron chi connectivity index (χ0n) is 11.2. The molecule has 0 fully saturated rings. The highest BCUT2D eigenvalue weighted by Gasteiger charge is 2.08. The van der Waals surface area contributed by atoms with E-state index in [4.69, 9.17) is 11.6 Å². The van der Waals surface area contributed by atoms with Crippen molar-refractivity contribution in [3.8, 4) is 9.88 Å². The molecule has 0 atom stereocenters. The smallest absolute Gasteiger partial charge is 0.250 e. The molecule has 4 nitrogen and oxygen atoms in total. The summed E-state index contributed by atoms with van der Waals surface area (Å²) < 4.78 is 0. The average molecular weight is 348 g/mol. The number of carbonyl (C=O) groups is 1. The molecule has 1 aromatic carbocycles. The van der Waals surface area contributed by atoms with Gasteiger partial charge in [0.25, 0.3) is 0 Å². The molecule has 0 unspecified atom stereocenters. The van der Waals surface area contributed by atoms with Crippen molar-refractivity contribution in [1.29, 1.82) is 0 Å². The molecule has 110 valence electrons. The third-order valence-electron chi connectivity index (χ3n) is 2.66. The summed E-state index contributed by atoms with van der Waals surface area (Å²) in [5, 5.41) is 14.6. The molecule has 3 rings (SSSR count). The van der Waals surface area contributed by atoms with Crippen LogP contribution in [0.3, 0.4) is 0 Å². The van der Waals surface area contributed by atoms with Crippen LogP contribution in [0.25, 0.3) is 16.0 Å². The van der Waals surface area contributed by atoms with E-state index in [1.165, 1.54) is 17.4 Å². The second-order valence-corrected chi connectivity index (χ2v) is 6.63. The molecule has 2 heterocycles. The Bertz CT molecular complexity index is 812. The molecule has 0 aliphatic carbocycles. The molecular formula is C15H10ClN3OS2. The van der Waals surface area contributed by atoms with Crippen molar-refractivity contribution in [3.05, 3.63) is 58.4 Å². The number of rotatable bonds is 4. The molecule has 7 heteroatoms. The van der Waals surface area contributed by atoms with Gasteiger partial charge in [-0.3, -0.25) is 10.1 Å². The maximum Gasteiger partial charge on any atom is 0.250 e. The summed E-state index contributed by atoms with van der Waals surface area (Å²) in [7, 11) is 0. The number of nitrogens with one attached hydrogen (secondary N) is 1. The van der Waals surface area contributed by atoms with E-state index in [1.54, 1.807) is 29.5 Å². The SMILES string of the molecule is O=C(/C=C/c1cccc(Cl)c1)Nc1nnc(-c2cccs2)s1. The van der Waals surface area contributed by atoms with E-state index in [0.29, 0.717) is 10.2 Å². The first-order valence-corrected chi connectivity index (χ1v) is 8.40. The Morgan fingerprint density at radius 1 is 1.23 bits per heavy atom. The summed E-state index contributed by atoms with van der Waals surface area (Å²) >= 11 is 8.82. The Morgan fingerprint density at radius 3 is 2.91 bits per heavy atom. The Kier molecular flexibility index (Phi) is 4.62. The second kappa shape index (κ2) is 6.83. The predicted molar refractivity (Wildman–Crippen MR) is 92.3 cm³/mol. The fourth-order valence-electron chi connectivity index (χ4n) is 1.70. The van der Waals surface area contributed by atoms with Crippen molar-refractivity contribution in [2.24, 2.45) is 0 Å². The number of thiophene rings is 1. The van der Waals surface area contributed by atoms with Gasteiger partial charge in [-0.1, -0.05) is 41.1 Å². The van der Waals surface area contributed by atoms with E-state index in [1.807, 2.05) is 29.6 Å². The van der Waals surface area contributed by atoms with Crippen molar-refractivity contribution in [2.75, 3.05) is 5.32 Å². The lowest BCUT2D eigenvalue weighted by Gasteiger charge is -1.96. The fraction of sp³-hybridized carbons (Fsp3) is 0. The lowest BCUT2D eigenvalue weighted by molar-refractivity contribution is -0.111. The number of amides is 1. The van der Waals surface area contributed by atoms with Gasteiger partial charge in [0.2, 0.25) is 11.0 Å². The van der Waals surface area contributed by atoms with Crippen LogP contribution in [0.4, 0.5) is 5.13 Å². The van der Waals surface area contributed by atoms with E-state index in [0.717, 1.165) is 15.4 Å². The summed E-state index contributed by atoms with van der Waals surface area (Å²) in [6, 6.07) is 11.2. The molecule has 0 aliphatic heterocycles. The zero-order valence-corrected chi connectivity index (χ0v) is 13.6. The van der Waals surface area contributed by atoms with E-state index in [9.17, 15) is 4.79 Å². The quantitative estimate of drug-likeness (QED) is 0.703. The Morgan fingerprint density at radius 2 is 2.14 bits per heavy atom. The number of aromatic nitrogens is 2. The zero-order chi connectivity index (χ0) is 15.4. The summed E-state index contributed by atoms with van der Waals surface area (Å²) in [5.74, 6) is -0.256. The van der Waals surface area contributed by atoms with Crippen LogP contribution in [0, 0.1) is 0 Å². The number of halogens is 1. The number of hydrogen-bond acceptors (Lipinski definition) is 5.